The summed E-state index contributed by atoms with van der Waals surface area (Å²) in [5, 5.41) is 5.67. The van der Waals surface area contributed by atoms with Crippen molar-refractivity contribution in [2.45, 2.75) is 13.5 Å². The van der Waals surface area contributed by atoms with Crippen LogP contribution in [0.15, 0.2) is 18.3 Å². The van der Waals surface area contributed by atoms with Gasteiger partial charge in [0.1, 0.15) is 0 Å². The Kier molecular flexibility index (Phi) is 6.80. The zero-order chi connectivity index (χ0) is 17.4. The zero-order valence-electron chi connectivity index (χ0n) is 14.2. The minimum atomic E-state index is -0.112. The van der Waals surface area contributed by atoms with E-state index in [1.54, 1.807) is 18.2 Å². The number of methoxy groups -OCH3 is 1. The van der Waals surface area contributed by atoms with Gasteiger partial charge in [-0.25, -0.2) is 9.78 Å². The van der Waals surface area contributed by atoms with Crippen molar-refractivity contribution >= 4 is 11.9 Å². The molecule has 2 rings (SSSR count). The van der Waals surface area contributed by atoms with Gasteiger partial charge in [0, 0.05) is 51.0 Å². The summed E-state index contributed by atoms with van der Waals surface area (Å²) < 4.78 is 5.17. The second-order valence-electron chi connectivity index (χ2n) is 5.55. The summed E-state index contributed by atoms with van der Waals surface area (Å²) in [7, 11) is 1.56. The van der Waals surface area contributed by atoms with Gasteiger partial charge >= 0.3 is 6.03 Å². The molecule has 0 saturated carbocycles. The van der Waals surface area contributed by atoms with Crippen LogP contribution in [-0.4, -0.2) is 73.1 Å². The van der Waals surface area contributed by atoms with Crippen LogP contribution in [0.3, 0.4) is 0 Å². The minimum absolute atomic E-state index is 0.0269. The summed E-state index contributed by atoms with van der Waals surface area (Å²) in [6.45, 7) is 5.90. The van der Waals surface area contributed by atoms with Gasteiger partial charge in [0.25, 0.3) is 0 Å². The van der Waals surface area contributed by atoms with Crippen molar-refractivity contribution in [3.63, 3.8) is 0 Å². The topological polar surface area (TPSA) is 86.8 Å². The van der Waals surface area contributed by atoms with E-state index in [0.29, 0.717) is 51.7 Å². The minimum Gasteiger partial charge on any atom is -0.481 e. The van der Waals surface area contributed by atoms with E-state index < -0.39 is 0 Å². The van der Waals surface area contributed by atoms with E-state index in [1.807, 2.05) is 19.1 Å². The third kappa shape index (κ3) is 5.09. The number of likely N-dealkylation sites (N-methyl/N-ethyl adjacent to an activating group) is 1. The molecule has 0 aromatic carbocycles. The van der Waals surface area contributed by atoms with Gasteiger partial charge in [0.15, 0.2) is 0 Å². The molecule has 1 fully saturated rings. The van der Waals surface area contributed by atoms with Crippen molar-refractivity contribution in [3.05, 3.63) is 23.9 Å². The Labute approximate surface area is 142 Å². The lowest BCUT2D eigenvalue weighted by molar-refractivity contribution is -0.122. The highest BCUT2D eigenvalue weighted by molar-refractivity contribution is 5.78. The van der Waals surface area contributed by atoms with Gasteiger partial charge in [0.2, 0.25) is 11.8 Å². The molecule has 3 amide bonds. The number of nitrogens with zero attached hydrogens (tertiary/aromatic N) is 3. The highest BCUT2D eigenvalue weighted by Crippen LogP contribution is 2.13. The number of carbonyl (C=O) groups excluding carboxylic acids is 2. The van der Waals surface area contributed by atoms with Crippen LogP contribution in [0.2, 0.25) is 0 Å². The van der Waals surface area contributed by atoms with Crippen molar-refractivity contribution in [2.75, 3.05) is 46.4 Å². The Morgan fingerprint density at radius 1 is 1.25 bits per heavy atom. The normalized spacial score (nSPS) is 15.0. The first-order valence-corrected chi connectivity index (χ1v) is 8.13. The van der Waals surface area contributed by atoms with Crippen LogP contribution in [0.4, 0.5) is 4.79 Å². The van der Waals surface area contributed by atoms with E-state index in [2.05, 4.69) is 20.5 Å². The molecule has 1 aromatic rings. The lowest BCUT2D eigenvalue weighted by Crippen LogP contribution is -2.53. The van der Waals surface area contributed by atoms with Crippen LogP contribution in [-0.2, 0) is 11.3 Å². The van der Waals surface area contributed by atoms with Gasteiger partial charge in [0.05, 0.1) is 13.7 Å². The molecular formula is C16H25N5O3. The molecule has 0 aliphatic carbocycles. The molecule has 132 valence electrons. The fraction of sp³-hybridized carbons (Fsp3) is 0.562. The van der Waals surface area contributed by atoms with Gasteiger partial charge in [-0.1, -0.05) is 6.07 Å². The number of amides is 3. The highest BCUT2D eigenvalue weighted by Gasteiger charge is 2.22. The number of hydrogen-bond donors (Lipinski definition) is 2. The predicted molar refractivity (Wildman–Crippen MR) is 89.7 cm³/mol. The summed E-state index contributed by atoms with van der Waals surface area (Å²) in [4.78, 5) is 31.8. The number of urea groups is 1. The van der Waals surface area contributed by atoms with E-state index in [0.717, 1.165) is 5.56 Å². The molecule has 1 aliphatic rings. The SMILES string of the molecule is CCNC(=O)CN1CCN(C(=O)NCc2cccnc2OC)CC1. The van der Waals surface area contributed by atoms with Crippen LogP contribution in [0, 0.1) is 0 Å². The smallest absolute Gasteiger partial charge is 0.317 e. The summed E-state index contributed by atoms with van der Waals surface area (Å²) in [6, 6.07) is 3.57. The molecule has 0 bridgehead atoms. The van der Waals surface area contributed by atoms with E-state index in [4.69, 9.17) is 4.74 Å². The first-order chi connectivity index (χ1) is 11.6. The first kappa shape index (κ1) is 18.0. The van der Waals surface area contributed by atoms with Crippen LogP contribution in [0.5, 0.6) is 5.88 Å². The third-order valence-corrected chi connectivity index (χ3v) is 3.87. The molecule has 0 radical (unpaired) electrons. The van der Waals surface area contributed by atoms with Crippen molar-refractivity contribution in [1.29, 1.82) is 0 Å². The summed E-state index contributed by atoms with van der Waals surface area (Å²) in [5.41, 5.74) is 0.836. The molecule has 8 heteroatoms. The largest absolute Gasteiger partial charge is 0.481 e. The van der Waals surface area contributed by atoms with Crippen molar-refractivity contribution in [1.82, 2.24) is 25.4 Å². The molecule has 8 nitrogen and oxygen atoms in total. The average Bonchev–Trinajstić information content (AvgIpc) is 2.60. The van der Waals surface area contributed by atoms with Crippen LogP contribution in [0.25, 0.3) is 0 Å². The Bertz CT molecular complexity index is 558. The van der Waals surface area contributed by atoms with E-state index >= 15 is 0 Å². The van der Waals surface area contributed by atoms with Gasteiger partial charge in [-0.15, -0.1) is 0 Å². The standard InChI is InChI=1S/C16H25N5O3/c1-3-17-14(22)12-20-7-9-21(10-8-20)16(23)19-11-13-5-4-6-18-15(13)24-2/h4-6H,3,7-12H2,1-2H3,(H,17,22)(H,19,23). The molecule has 1 saturated heterocycles. The van der Waals surface area contributed by atoms with Gasteiger partial charge in [-0.05, 0) is 13.0 Å². The maximum atomic E-state index is 12.3. The molecule has 1 aliphatic heterocycles. The van der Waals surface area contributed by atoms with Crippen LogP contribution < -0.4 is 15.4 Å². The van der Waals surface area contributed by atoms with E-state index in [9.17, 15) is 9.59 Å². The fourth-order valence-electron chi connectivity index (χ4n) is 2.59. The van der Waals surface area contributed by atoms with Crippen LogP contribution in [0.1, 0.15) is 12.5 Å². The first-order valence-electron chi connectivity index (χ1n) is 8.13. The highest BCUT2D eigenvalue weighted by atomic mass is 16.5. The van der Waals surface area contributed by atoms with Gasteiger partial charge < -0.3 is 20.3 Å². The van der Waals surface area contributed by atoms with Crippen LogP contribution >= 0.6 is 0 Å². The number of carbonyl (C=O) groups is 2. The Morgan fingerprint density at radius 2 is 2.00 bits per heavy atom. The molecule has 0 unspecified atom stereocenters. The Morgan fingerprint density at radius 3 is 2.67 bits per heavy atom. The summed E-state index contributed by atoms with van der Waals surface area (Å²) in [6.07, 6.45) is 1.65. The third-order valence-electron chi connectivity index (χ3n) is 3.87. The zero-order valence-corrected chi connectivity index (χ0v) is 14.2. The Hall–Kier alpha value is -2.35. The number of piperazine rings is 1. The Balaban J connectivity index is 1.75. The molecule has 24 heavy (non-hydrogen) atoms. The van der Waals surface area contributed by atoms with Gasteiger partial charge in [-0.3, -0.25) is 9.69 Å². The van der Waals surface area contributed by atoms with Crippen molar-refractivity contribution in [2.24, 2.45) is 0 Å². The molecular weight excluding hydrogens is 310 g/mol. The summed E-state index contributed by atoms with van der Waals surface area (Å²) in [5.74, 6) is 0.545. The van der Waals surface area contributed by atoms with Crippen molar-refractivity contribution in [3.8, 4) is 5.88 Å². The molecule has 0 spiro atoms. The number of nitrogens with one attached hydrogen (secondary N) is 2. The number of rotatable bonds is 6. The average molecular weight is 335 g/mol. The monoisotopic (exact) mass is 335 g/mol. The second-order valence-corrected chi connectivity index (χ2v) is 5.55. The van der Waals surface area contributed by atoms with E-state index in [1.165, 1.54) is 0 Å². The fourth-order valence-corrected chi connectivity index (χ4v) is 2.59. The number of hydrogen-bond acceptors (Lipinski definition) is 5. The molecule has 2 N–H and O–H groups in total. The number of ether oxygens (including phenoxy) is 1. The lowest BCUT2D eigenvalue weighted by atomic mass is 10.2. The summed E-state index contributed by atoms with van der Waals surface area (Å²) >= 11 is 0. The number of pyridine rings is 1. The van der Waals surface area contributed by atoms with Crippen molar-refractivity contribution < 1.29 is 14.3 Å². The molecule has 0 atom stereocenters. The maximum Gasteiger partial charge on any atom is 0.317 e. The molecule has 1 aromatic heterocycles. The lowest BCUT2D eigenvalue weighted by Gasteiger charge is -2.34. The quantitative estimate of drug-likeness (QED) is 0.767. The number of aromatic nitrogens is 1. The predicted octanol–water partition coefficient (Wildman–Crippen LogP) is 0.0535. The molecule has 2 heterocycles. The van der Waals surface area contributed by atoms with Gasteiger partial charge in [-0.2, -0.15) is 0 Å². The maximum absolute atomic E-state index is 12.3. The van der Waals surface area contributed by atoms with E-state index in [-0.39, 0.29) is 11.9 Å². The second kappa shape index (κ2) is 9.07.